The highest BCUT2D eigenvalue weighted by atomic mass is 16.7. The van der Waals surface area contributed by atoms with Gasteiger partial charge in [-0.15, -0.1) is 0 Å². The first-order valence-corrected chi connectivity index (χ1v) is 26.7. The summed E-state index contributed by atoms with van der Waals surface area (Å²) >= 11 is 0. The summed E-state index contributed by atoms with van der Waals surface area (Å²) in [6, 6.07) is -0.933. The summed E-state index contributed by atoms with van der Waals surface area (Å²) in [6.07, 6.45) is 29.0. The van der Waals surface area contributed by atoms with Crippen molar-refractivity contribution < 1.29 is 64.6 Å². The Morgan fingerprint density at radius 3 is 1.46 bits per heavy atom. The molecule has 12 unspecified atom stereocenters. The van der Waals surface area contributed by atoms with E-state index in [-0.39, 0.29) is 18.9 Å². The molecule has 2 saturated heterocycles. The lowest BCUT2D eigenvalue weighted by molar-refractivity contribution is -0.359. The molecule has 392 valence electrons. The number of hydrogen-bond acceptors (Lipinski definition) is 13. The highest BCUT2D eigenvalue weighted by molar-refractivity contribution is 5.76. The summed E-state index contributed by atoms with van der Waals surface area (Å²) in [5, 5.41) is 86.8. The number of unbranched alkanes of at least 4 members (excludes halogenated alkanes) is 24. The second-order valence-corrected chi connectivity index (χ2v) is 19.0. The van der Waals surface area contributed by atoms with Crippen molar-refractivity contribution in [2.75, 3.05) is 19.8 Å². The molecule has 0 aromatic carbocycles. The Kier molecular flexibility index (Phi) is 36.5. The van der Waals surface area contributed by atoms with Crippen LogP contribution in [0.15, 0.2) is 36.5 Å². The highest BCUT2D eigenvalue weighted by Crippen LogP contribution is 2.30. The number of rotatable bonds is 41. The van der Waals surface area contributed by atoms with Gasteiger partial charge in [0.25, 0.3) is 0 Å². The molecule has 0 spiro atoms. The van der Waals surface area contributed by atoms with E-state index in [2.05, 4.69) is 43.5 Å². The summed E-state index contributed by atoms with van der Waals surface area (Å²) in [5.41, 5.74) is 0. The molecule has 0 saturated carbocycles. The zero-order chi connectivity index (χ0) is 48.9. The number of aliphatic hydroxyl groups excluding tert-OH is 8. The number of carbonyl (C=O) groups is 1. The summed E-state index contributed by atoms with van der Waals surface area (Å²) in [7, 11) is 0. The zero-order valence-electron chi connectivity index (χ0n) is 41.6. The Morgan fingerprint density at radius 2 is 0.955 bits per heavy atom. The fraction of sp³-hybridized carbons (Fsp3) is 0.868. The van der Waals surface area contributed by atoms with Gasteiger partial charge in [0.2, 0.25) is 5.91 Å². The van der Waals surface area contributed by atoms with E-state index in [1.165, 1.54) is 122 Å². The predicted molar refractivity (Wildman–Crippen MR) is 263 cm³/mol. The number of amides is 1. The van der Waals surface area contributed by atoms with Crippen LogP contribution in [0.2, 0.25) is 0 Å². The number of allylic oxidation sites excluding steroid dienone is 5. The van der Waals surface area contributed by atoms with Gasteiger partial charge in [0.15, 0.2) is 12.6 Å². The Morgan fingerprint density at radius 1 is 0.522 bits per heavy atom. The Hall–Kier alpha value is -1.79. The van der Waals surface area contributed by atoms with Crippen molar-refractivity contribution in [2.24, 2.45) is 0 Å². The van der Waals surface area contributed by atoms with Crippen LogP contribution >= 0.6 is 0 Å². The molecular weight excluding hydrogens is 859 g/mol. The van der Waals surface area contributed by atoms with Gasteiger partial charge in [-0.3, -0.25) is 4.79 Å². The minimum atomic E-state index is -1.79. The fourth-order valence-corrected chi connectivity index (χ4v) is 8.68. The van der Waals surface area contributed by atoms with E-state index in [1.807, 2.05) is 6.08 Å². The van der Waals surface area contributed by atoms with Crippen LogP contribution < -0.4 is 5.32 Å². The van der Waals surface area contributed by atoms with Gasteiger partial charge in [-0.2, -0.15) is 0 Å². The van der Waals surface area contributed by atoms with Gasteiger partial charge < -0.3 is 65.1 Å². The maximum Gasteiger partial charge on any atom is 0.220 e. The topological polar surface area (TPSA) is 228 Å². The zero-order valence-corrected chi connectivity index (χ0v) is 41.6. The van der Waals surface area contributed by atoms with Crippen molar-refractivity contribution in [3.8, 4) is 0 Å². The lowest BCUT2D eigenvalue weighted by Crippen LogP contribution is -2.65. The monoisotopic (exact) mass is 956 g/mol. The molecule has 2 heterocycles. The minimum Gasteiger partial charge on any atom is -0.394 e. The second-order valence-electron chi connectivity index (χ2n) is 19.0. The maximum atomic E-state index is 13.2. The number of ether oxygens (including phenoxy) is 4. The van der Waals surface area contributed by atoms with Gasteiger partial charge in [-0.05, 0) is 44.9 Å². The lowest BCUT2D eigenvalue weighted by atomic mass is 9.97. The SMILES string of the molecule is CCCCCCCCCCC/C=C/CC/C=C/CC/C=C/C(O)C(COC1OC(CO)C(OC2OC(CO)C(O)C(O)C2O)C(O)C1O)NC(=O)CCCCCCCCCCCCCCCC. The average molecular weight is 956 g/mol. The molecule has 12 atom stereocenters. The molecule has 0 aromatic rings. The second kappa shape index (κ2) is 39.9. The quantitative estimate of drug-likeness (QED) is 0.0214. The van der Waals surface area contributed by atoms with Crippen LogP contribution in [0.3, 0.4) is 0 Å². The lowest BCUT2D eigenvalue weighted by Gasteiger charge is -2.46. The number of carbonyl (C=O) groups excluding carboxylic acids is 1. The first-order chi connectivity index (χ1) is 32.6. The van der Waals surface area contributed by atoms with Gasteiger partial charge in [-0.25, -0.2) is 0 Å². The first kappa shape index (κ1) is 61.3. The Bertz CT molecular complexity index is 1270. The van der Waals surface area contributed by atoms with Crippen molar-refractivity contribution in [2.45, 2.75) is 274 Å². The van der Waals surface area contributed by atoms with Crippen LogP contribution in [0.5, 0.6) is 0 Å². The van der Waals surface area contributed by atoms with Gasteiger partial charge in [0, 0.05) is 6.42 Å². The van der Waals surface area contributed by atoms with E-state index in [0.717, 1.165) is 44.9 Å². The molecule has 14 nitrogen and oxygen atoms in total. The molecule has 2 aliphatic heterocycles. The molecule has 14 heteroatoms. The largest absolute Gasteiger partial charge is 0.394 e. The molecular formula is C53H97NO13. The van der Waals surface area contributed by atoms with E-state index < -0.39 is 86.8 Å². The van der Waals surface area contributed by atoms with Crippen LogP contribution in [0.1, 0.15) is 200 Å². The standard InChI is InChI=1S/C53H97NO13/c1-3-5-7-9-11-13-15-17-19-20-21-22-23-24-26-28-30-32-34-36-42(57)41(54-45(58)37-35-33-31-29-27-25-18-16-14-12-10-8-6-4-2)40-64-52-50(63)48(61)51(44(39-56)66-52)67-53-49(62)47(60)46(59)43(38-55)65-53/h21-22,26,28,34,36,41-44,46-53,55-57,59-63H,3-20,23-25,27,29-33,35,37-40H2,1-2H3,(H,54,58)/b22-21+,28-26+,36-34+. The first-order valence-electron chi connectivity index (χ1n) is 26.7. The molecule has 9 N–H and O–H groups in total. The number of hydrogen-bond donors (Lipinski definition) is 9. The molecule has 0 bridgehead atoms. The van der Waals surface area contributed by atoms with Crippen molar-refractivity contribution in [1.29, 1.82) is 0 Å². The van der Waals surface area contributed by atoms with Crippen LogP contribution in [0.25, 0.3) is 0 Å². The van der Waals surface area contributed by atoms with E-state index in [9.17, 15) is 45.6 Å². The van der Waals surface area contributed by atoms with E-state index in [1.54, 1.807) is 6.08 Å². The van der Waals surface area contributed by atoms with E-state index >= 15 is 0 Å². The van der Waals surface area contributed by atoms with Gasteiger partial charge >= 0.3 is 0 Å². The van der Waals surface area contributed by atoms with Crippen molar-refractivity contribution in [3.05, 3.63) is 36.5 Å². The molecule has 0 aromatic heterocycles. The van der Waals surface area contributed by atoms with Crippen LogP contribution in [0, 0.1) is 0 Å². The third-order valence-electron chi connectivity index (χ3n) is 13.1. The maximum absolute atomic E-state index is 13.2. The molecule has 0 radical (unpaired) electrons. The number of aliphatic hydroxyl groups is 8. The summed E-state index contributed by atoms with van der Waals surface area (Å²) in [4.78, 5) is 13.2. The third-order valence-corrected chi connectivity index (χ3v) is 13.1. The molecule has 2 fully saturated rings. The van der Waals surface area contributed by atoms with Gasteiger partial charge in [0.1, 0.15) is 48.8 Å². The third kappa shape index (κ3) is 26.8. The predicted octanol–water partition coefficient (Wildman–Crippen LogP) is 7.49. The Balaban J connectivity index is 1.86. The number of nitrogens with one attached hydrogen (secondary N) is 1. The average Bonchev–Trinajstić information content (AvgIpc) is 3.32. The summed E-state index contributed by atoms with van der Waals surface area (Å²) in [5.74, 6) is -0.253. The van der Waals surface area contributed by atoms with Crippen molar-refractivity contribution in [3.63, 3.8) is 0 Å². The van der Waals surface area contributed by atoms with Crippen molar-refractivity contribution >= 4 is 5.91 Å². The molecule has 0 aliphatic carbocycles. The van der Waals surface area contributed by atoms with Crippen LogP contribution in [-0.4, -0.2) is 140 Å². The van der Waals surface area contributed by atoms with Gasteiger partial charge in [0.05, 0.1) is 32.0 Å². The summed E-state index contributed by atoms with van der Waals surface area (Å²) in [6.45, 7) is 2.76. The molecule has 2 rings (SSSR count). The van der Waals surface area contributed by atoms with Gasteiger partial charge in [-0.1, -0.05) is 185 Å². The molecule has 1 amide bonds. The minimum absolute atomic E-state index is 0.253. The van der Waals surface area contributed by atoms with E-state index in [0.29, 0.717) is 12.8 Å². The Labute approximate surface area is 404 Å². The molecule has 2 aliphatic rings. The van der Waals surface area contributed by atoms with E-state index in [4.69, 9.17) is 18.9 Å². The molecule has 67 heavy (non-hydrogen) atoms. The van der Waals surface area contributed by atoms with Crippen molar-refractivity contribution in [1.82, 2.24) is 5.32 Å². The smallest absolute Gasteiger partial charge is 0.220 e. The highest BCUT2D eigenvalue weighted by Gasteiger charge is 2.51. The van der Waals surface area contributed by atoms with Crippen LogP contribution in [-0.2, 0) is 23.7 Å². The summed E-state index contributed by atoms with van der Waals surface area (Å²) < 4.78 is 22.7. The fourth-order valence-electron chi connectivity index (χ4n) is 8.68. The van der Waals surface area contributed by atoms with Crippen LogP contribution in [0.4, 0.5) is 0 Å². The normalized spacial score (nSPS) is 26.8.